The predicted octanol–water partition coefficient (Wildman–Crippen LogP) is 4.06. The van der Waals surface area contributed by atoms with E-state index in [1.807, 2.05) is 13.8 Å². The van der Waals surface area contributed by atoms with Crippen molar-refractivity contribution in [2.75, 3.05) is 6.54 Å². The van der Waals surface area contributed by atoms with E-state index in [2.05, 4.69) is 10.5 Å². The average molecular weight is 617 g/mol. The molecule has 1 aromatic carbocycles. The lowest BCUT2D eigenvalue weighted by atomic mass is 9.84. The molecule has 1 saturated heterocycles. The Balaban J connectivity index is 1.59. The molecule has 0 aliphatic carbocycles. The van der Waals surface area contributed by atoms with Crippen LogP contribution in [-0.4, -0.2) is 63.7 Å². The summed E-state index contributed by atoms with van der Waals surface area (Å²) >= 11 is 0. The monoisotopic (exact) mass is 616 g/mol. The number of oxime groups is 1. The fourth-order valence-electron chi connectivity index (χ4n) is 5.86. The van der Waals surface area contributed by atoms with Gasteiger partial charge in [0.25, 0.3) is 11.8 Å². The van der Waals surface area contributed by atoms with E-state index in [-0.39, 0.29) is 30.4 Å². The second-order valence-electron chi connectivity index (χ2n) is 11.6. The van der Waals surface area contributed by atoms with Gasteiger partial charge in [-0.25, -0.2) is 13.6 Å². The number of aromatic nitrogens is 1. The molecule has 14 heteroatoms. The second kappa shape index (κ2) is 11.9. The number of ether oxygens (including phenoxy) is 3. The van der Waals surface area contributed by atoms with E-state index < -0.39 is 70.4 Å². The smallest absolute Gasteiger partial charge is 0.448 e. The maximum atomic E-state index is 14.3. The van der Waals surface area contributed by atoms with Crippen molar-refractivity contribution >= 4 is 23.7 Å². The Morgan fingerprint density at radius 2 is 1.95 bits per heavy atom. The highest BCUT2D eigenvalue weighted by Crippen LogP contribution is 2.46. The van der Waals surface area contributed by atoms with Crippen LogP contribution in [0.1, 0.15) is 86.3 Å². The van der Waals surface area contributed by atoms with Crippen molar-refractivity contribution in [1.82, 2.24) is 14.8 Å². The Kier molecular flexibility index (Phi) is 8.36. The van der Waals surface area contributed by atoms with Crippen LogP contribution in [0.25, 0.3) is 0 Å². The number of hydrogen-bond donors (Lipinski definition) is 1. The summed E-state index contributed by atoms with van der Waals surface area (Å²) in [5.74, 6) is -3.55. The van der Waals surface area contributed by atoms with Gasteiger partial charge in [-0.1, -0.05) is 11.2 Å². The molecule has 1 spiro atoms. The average Bonchev–Trinajstić information content (AvgIpc) is 3.27. The molecular weight excluding hydrogens is 582 g/mol. The third kappa shape index (κ3) is 5.84. The zero-order valence-corrected chi connectivity index (χ0v) is 25.0. The van der Waals surface area contributed by atoms with Crippen molar-refractivity contribution in [3.63, 3.8) is 0 Å². The fourth-order valence-corrected chi connectivity index (χ4v) is 5.86. The standard InChI is InChI=1S/C30H34F2N4O8/c1-15(2)41-29(40)43-18(5)42-26-24-28(39)35-14-23(30(9-8-17(35)4)11-16(3)34-44-30)36(24)13-21(25(26)37)27(38)33-12-19-6-7-20(31)10-22(19)32/h6-7,10,13,15,17-18,23H,8-9,11-12,14H2,1-5H3,(H,33,38)/t17-,18+,23+,30-/m0/s1. The predicted molar refractivity (Wildman–Crippen MR) is 151 cm³/mol. The minimum Gasteiger partial charge on any atom is -0.448 e. The maximum Gasteiger partial charge on any atom is 0.511 e. The number of nitrogens with one attached hydrogen (secondary N) is 1. The van der Waals surface area contributed by atoms with Crippen molar-refractivity contribution in [3.05, 3.63) is 63.1 Å². The molecule has 4 atom stereocenters. The SMILES string of the molecule is CC1=NO[C@@]2(CC[C@H](C)N3C[C@H]2n2cc(C(=O)NCc4ccc(F)cc4F)c(=O)c(O[C@@H](C)OC(=O)OC(C)C)c2C3=O)C1. The van der Waals surface area contributed by atoms with Gasteiger partial charge in [0.05, 0.1) is 17.9 Å². The van der Waals surface area contributed by atoms with Gasteiger partial charge in [-0.2, -0.15) is 0 Å². The maximum absolute atomic E-state index is 14.3. The summed E-state index contributed by atoms with van der Waals surface area (Å²) in [6, 6.07) is 2.12. The number of pyridine rings is 1. The zero-order valence-electron chi connectivity index (χ0n) is 25.0. The van der Waals surface area contributed by atoms with Crippen LogP contribution in [0.2, 0.25) is 0 Å². The van der Waals surface area contributed by atoms with Gasteiger partial charge < -0.3 is 33.8 Å². The molecule has 2 bridgehead atoms. The summed E-state index contributed by atoms with van der Waals surface area (Å²) in [6.45, 7) is 8.18. The second-order valence-corrected chi connectivity index (χ2v) is 11.6. The topological polar surface area (TPSA) is 138 Å². The highest BCUT2D eigenvalue weighted by Gasteiger charge is 2.54. The lowest BCUT2D eigenvalue weighted by Gasteiger charge is -2.42. The van der Waals surface area contributed by atoms with E-state index in [1.165, 1.54) is 23.8 Å². The van der Waals surface area contributed by atoms with Gasteiger partial charge in [-0.05, 0) is 46.6 Å². The first-order valence-electron chi connectivity index (χ1n) is 14.4. The number of nitrogens with zero attached hydrogens (tertiary/aromatic N) is 3. The Morgan fingerprint density at radius 1 is 1.20 bits per heavy atom. The summed E-state index contributed by atoms with van der Waals surface area (Å²) in [5, 5.41) is 6.68. The van der Waals surface area contributed by atoms with Crippen molar-refractivity contribution in [3.8, 4) is 5.75 Å². The van der Waals surface area contributed by atoms with E-state index >= 15 is 0 Å². The Hall–Kier alpha value is -4.49. The molecule has 2 aromatic rings. The largest absolute Gasteiger partial charge is 0.511 e. The highest BCUT2D eigenvalue weighted by molar-refractivity contribution is 5.99. The van der Waals surface area contributed by atoms with Crippen LogP contribution in [0.15, 0.2) is 34.3 Å². The number of halogens is 2. The molecule has 12 nitrogen and oxygen atoms in total. The van der Waals surface area contributed by atoms with E-state index in [0.29, 0.717) is 25.3 Å². The highest BCUT2D eigenvalue weighted by atomic mass is 19.1. The molecule has 236 valence electrons. The molecule has 3 aliphatic rings. The van der Waals surface area contributed by atoms with Gasteiger partial charge in [0, 0.05) is 50.3 Å². The van der Waals surface area contributed by atoms with Crippen LogP contribution < -0.4 is 15.5 Å². The van der Waals surface area contributed by atoms with Crippen LogP contribution in [0.5, 0.6) is 5.75 Å². The number of rotatable bonds is 7. The summed E-state index contributed by atoms with van der Waals surface area (Å²) in [4.78, 5) is 61.1. The molecule has 0 saturated carbocycles. The van der Waals surface area contributed by atoms with Crippen LogP contribution >= 0.6 is 0 Å². The molecule has 1 aromatic heterocycles. The molecule has 1 N–H and O–H groups in total. The number of carbonyl (C=O) groups is 3. The van der Waals surface area contributed by atoms with Crippen LogP contribution in [0.4, 0.5) is 13.6 Å². The zero-order chi connectivity index (χ0) is 31.9. The van der Waals surface area contributed by atoms with Crippen molar-refractivity contribution in [1.29, 1.82) is 0 Å². The van der Waals surface area contributed by atoms with E-state index in [9.17, 15) is 28.0 Å². The minimum atomic E-state index is -1.39. The summed E-state index contributed by atoms with van der Waals surface area (Å²) < 4.78 is 45.1. The van der Waals surface area contributed by atoms with Gasteiger partial charge in [0.15, 0.2) is 11.3 Å². The van der Waals surface area contributed by atoms with Crippen molar-refractivity contribution in [2.45, 2.75) is 90.5 Å². The molecule has 3 aliphatic heterocycles. The summed E-state index contributed by atoms with van der Waals surface area (Å²) in [6.07, 6.45) is -0.0716. The lowest BCUT2D eigenvalue weighted by molar-refractivity contribution is -0.0688. The Morgan fingerprint density at radius 3 is 2.61 bits per heavy atom. The quantitative estimate of drug-likeness (QED) is 0.363. The van der Waals surface area contributed by atoms with Crippen LogP contribution in [0.3, 0.4) is 0 Å². The molecule has 1 fully saturated rings. The first kappa shape index (κ1) is 31.0. The summed E-state index contributed by atoms with van der Waals surface area (Å²) in [7, 11) is 0. The van der Waals surface area contributed by atoms with Gasteiger partial charge >= 0.3 is 6.16 Å². The number of fused-ring (bicyclic) bond motifs is 5. The van der Waals surface area contributed by atoms with Gasteiger partial charge in [0.1, 0.15) is 17.2 Å². The first-order valence-corrected chi connectivity index (χ1v) is 14.4. The number of carbonyl (C=O) groups excluding carboxylic acids is 3. The lowest BCUT2D eigenvalue weighted by Crippen LogP contribution is -2.52. The van der Waals surface area contributed by atoms with Crippen molar-refractivity contribution < 1.29 is 42.2 Å². The normalized spacial score (nSPS) is 23.0. The number of hydrogen-bond acceptors (Lipinski definition) is 9. The minimum absolute atomic E-state index is 0.00511. The van der Waals surface area contributed by atoms with E-state index in [1.54, 1.807) is 18.7 Å². The van der Waals surface area contributed by atoms with Crippen LogP contribution in [0, 0.1) is 11.6 Å². The molecule has 5 rings (SSSR count). The summed E-state index contributed by atoms with van der Waals surface area (Å²) in [5.41, 5.74) is -1.62. The number of amides is 2. The Labute approximate surface area is 251 Å². The van der Waals surface area contributed by atoms with E-state index in [0.717, 1.165) is 11.8 Å². The third-order valence-corrected chi connectivity index (χ3v) is 8.00. The molecule has 2 amide bonds. The molecule has 0 radical (unpaired) electrons. The third-order valence-electron chi connectivity index (χ3n) is 8.00. The molecular formula is C30H34F2N4O8. The van der Waals surface area contributed by atoms with E-state index in [4.69, 9.17) is 19.0 Å². The number of benzene rings is 1. The van der Waals surface area contributed by atoms with Gasteiger partial charge in [-0.15, -0.1) is 0 Å². The molecule has 4 heterocycles. The van der Waals surface area contributed by atoms with Crippen LogP contribution in [-0.2, 0) is 20.9 Å². The molecule has 0 unspecified atom stereocenters. The Bertz CT molecular complexity index is 1590. The molecule has 44 heavy (non-hydrogen) atoms. The van der Waals surface area contributed by atoms with Crippen molar-refractivity contribution in [2.24, 2.45) is 5.16 Å². The fraction of sp³-hybridized carbons (Fsp3) is 0.500. The first-order chi connectivity index (χ1) is 20.8. The van der Waals surface area contributed by atoms with Gasteiger partial charge in [0.2, 0.25) is 17.5 Å². The van der Waals surface area contributed by atoms with Gasteiger partial charge in [-0.3, -0.25) is 14.4 Å².